The maximum atomic E-state index is 13.5. The Morgan fingerprint density at radius 1 is 0.966 bits per heavy atom. The summed E-state index contributed by atoms with van der Waals surface area (Å²) in [4.78, 5) is 4.23. The molecule has 0 aromatic heterocycles. The summed E-state index contributed by atoms with van der Waals surface area (Å²) in [6.45, 7) is 22.3. The molecule has 1 saturated heterocycles. The highest BCUT2D eigenvalue weighted by molar-refractivity contribution is 7.96. The first kappa shape index (κ1) is 24.7. The number of hydrogen-bond donors (Lipinski definition) is 1. The number of halogens is 1. The van der Waals surface area contributed by atoms with E-state index < -0.39 is 26.5 Å². The number of sulfonamides is 1. The normalized spacial score (nSPS) is 20.2. The largest absolute Gasteiger partial charge is 0.409 e. The van der Waals surface area contributed by atoms with Gasteiger partial charge in [-0.3, -0.25) is 0 Å². The van der Waals surface area contributed by atoms with Crippen molar-refractivity contribution >= 4 is 43.8 Å². The number of nitrogens with zero attached hydrogens (tertiary/aromatic N) is 1. The molecule has 1 aliphatic rings. The molecule has 0 bridgehead atoms. The zero-order chi connectivity index (χ0) is 22.6. The van der Waals surface area contributed by atoms with Crippen LogP contribution in [0.1, 0.15) is 47.1 Å². The Labute approximate surface area is 185 Å². The summed E-state index contributed by atoms with van der Waals surface area (Å²) < 4.78 is 28.8. The second kappa shape index (κ2) is 7.51. The van der Waals surface area contributed by atoms with Crippen molar-refractivity contribution in [2.24, 2.45) is 0 Å². The van der Waals surface area contributed by atoms with Gasteiger partial charge in [0.2, 0.25) is 10.0 Å². The third kappa shape index (κ3) is 4.54. The third-order valence-corrected chi connectivity index (χ3v) is 20.8. The van der Waals surface area contributed by atoms with E-state index in [0.717, 1.165) is 11.3 Å². The van der Waals surface area contributed by atoms with Crippen LogP contribution in [0.3, 0.4) is 0 Å². The van der Waals surface area contributed by atoms with Crippen LogP contribution < -0.4 is 4.98 Å². The van der Waals surface area contributed by atoms with Crippen molar-refractivity contribution in [1.29, 1.82) is 0 Å². The fraction of sp³-hybridized carbons (Fsp3) is 0.619. The summed E-state index contributed by atoms with van der Waals surface area (Å²) in [5.41, 5.74) is 1.64. The smallest absolute Gasteiger partial charge is 0.236 e. The van der Waals surface area contributed by atoms with E-state index in [4.69, 9.17) is 11.6 Å². The lowest BCUT2D eigenvalue weighted by Crippen LogP contribution is -2.64. The van der Waals surface area contributed by atoms with E-state index in [-0.39, 0.29) is 10.1 Å². The first-order valence-corrected chi connectivity index (χ1v) is 17.9. The van der Waals surface area contributed by atoms with Gasteiger partial charge in [-0.05, 0) is 27.8 Å². The first-order valence-electron chi connectivity index (χ1n) is 10.1. The van der Waals surface area contributed by atoms with Crippen molar-refractivity contribution < 1.29 is 8.42 Å². The first-order chi connectivity index (χ1) is 12.8. The average molecular weight is 473 g/mol. The van der Waals surface area contributed by atoms with Crippen LogP contribution in [0.5, 0.6) is 0 Å². The lowest BCUT2D eigenvalue weighted by molar-refractivity contribution is 0.495. The number of hydrogen-bond acceptors (Lipinski definition) is 3. The Morgan fingerprint density at radius 2 is 1.45 bits per heavy atom. The molecule has 0 aliphatic carbocycles. The highest BCUT2D eigenvalue weighted by Crippen LogP contribution is 2.46. The second-order valence-corrected chi connectivity index (χ2v) is 23.9. The highest BCUT2D eigenvalue weighted by atomic mass is 35.5. The van der Waals surface area contributed by atoms with Gasteiger partial charge < -0.3 is 4.98 Å². The van der Waals surface area contributed by atoms with E-state index in [0.29, 0.717) is 16.5 Å². The van der Waals surface area contributed by atoms with Crippen LogP contribution in [0.25, 0.3) is 5.70 Å². The maximum absolute atomic E-state index is 13.5. The van der Waals surface area contributed by atoms with Gasteiger partial charge in [-0.25, -0.2) is 12.4 Å². The van der Waals surface area contributed by atoms with Crippen LogP contribution >= 0.6 is 11.6 Å². The lowest BCUT2D eigenvalue weighted by atomic mass is 10.1. The van der Waals surface area contributed by atoms with E-state index in [1.807, 2.05) is 24.3 Å². The summed E-state index contributed by atoms with van der Waals surface area (Å²) in [6.07, 6.45) is 0. The predicted octanol–water partition coefficient (Wildman–Crippen LogP) is 6.25. The number of rotatable bonds is 4. The predicted molar refractivity (Wildman–Crippen MR) is 132 cm³/mol. The summed E-state index contributed by atoms with van der Waals surface area (Å²) in [7, 11) is -7.64. The molecule has 4 nitrogen and oxygen atoms in total. The van der Waals surface area contributed by atoms with Crippen LogP contribution in [0.4, 0.5) is 0 Å². The quantitative estimate of drug-likeness (QED) is 0.526. The zero-order valence-electron chi connectivity index (χ0n) is 19.6. The number of nitrogens with one attached hydrogen (secondary N) is 1. The molecule has 1 heterocycles. The molecule has 1 aromatic carbocycles. The van der Waals surface area contributed by atoms with Gasteiger partial charge in [-0.15, -0.1) is 0 Å². The summed E-state index contributed by atoms with van der Waals surface area (Å²) >= 11 is 6.09. The van der Waals surface area contributed by atoms with E-state index in [9.17, 15) is 8.42 Å². The van der Waals surface area contributed by atoms with Crippen molar-refractivity contribution in [2.45, 2.75) is 77.8 Å². The zero-order valence-corrected chi connectivity index (χ0v) is 23.1. The van der Waals surface area contributed by atoms with Gasteiger partial charge in [0, 0.05) is 11.6 Å². The standard InChI is InChI=1S/C21H37ClN2O2SSi2/c1-20(2,3)28(7,8)23-19(16-11-13-17(22)14-12-16)18-15-24(27(18,25)26)29(9,10)21(4,5)6/h11-14,23H,15H2,1-10H3/b19-18+. The molecule has 0 spiro atoms. The van der Waals surface area contributed by atoms with Crippen molar-refractivity contribution in [3.63, 3.8) is 0 Å². The van der Waals surface area contributed by atoms with Crippen LogP contribution in [-0.4, -0.2) is 35.4 Å². The van der Waals surface area contributed by atoms with Crippen molar-refractivity contribution in [2.75, 3.05) is 6.54 Å². The van der Waals surface area contributed by atoms with Gasteiger partial charge in [0.25, 0.3) is 0 Å². The van der Waals surface area contributed by atoms with E-state index >= 15 is 0 Å². The Kier molecular flexibility index (Phi) is 6.39. The van der Waals surface area contributed by atoms with Crippen LogP contribution in [0, 0.1) is 0 Å². The monoisotopic (exact) mass is 472 g/mol. The summed E-state index contributed by atoms with van der Waals surface area (Å²) in [6, 6.07) is 7.47. The van der Waals surface area contributed by atoms with Gasteiger partial charge in [0.1, 0.15) is 8.24 Å². The Hall–Kier alpha value is -0.606. The average Bonchev–Trinajstić information content (AvgIpc) is 2.51. The molecule has 0 unspecified atom stereocenters. The van der Waals surface area contributed by atoms with Crippen molar-refractivity contribution in [3.05, 3.63) is 39.8 Å². The molecule has 0 amide bonds. The Bertz CT molecular complexity index is 909. The van der Waals surface area contributed by atoms with E-state index in [1.54, 1.807) is 3.97 Å². The molecule has 0 radical (unpaired) electrons. The molecule has 2 rings (SSSR count). The molecule has 1 N–H and O–H groups in total. The molecule has 29 heavy (non-hydrogen) atoms. The minimum atomic E-state index is -3.48. The molecule has 1 aromatic rings. The van der Waals surface area contributed by atoms with Crippen LogP contribution in [0.2, 0.25) is 41.3 Å². The third-order valence-electron chi connectivity index (χ3n) is 7.07. The molecular formula is C21H37ClN2O2SSi2. The Balaban J connectivity index is 2.61. The topological polar surface area (TPSA) is 49.4 Å². The molecular weight excluding hydrogens is 436 g/mol. The van der Waals surface area contributed by atoms with Gasteiger partial charge in [-0.1, -0.05) is 91.5 Å². The maximum Gasteiger partial charge on any atom is 0.236 e. The number of benzene rings is 1. The minimum Gasteiger partial charge on any atom is -0.409 e. The van der Waals surface area contributed by atoms with Crippen LogP contribution in [-0.2, 0) is 10.0 Å². The molecule has 1 fully saturated rings. The SMILES string of the molecule is CC(C)(C)[Si](C)(C)N/C(=C1\CN([Si](C)(C)C(C)(C)C)S1(=O)=O)c1ccc(Cl)cc1. The molecule has 0 saturated carbocycles. The Morgan fingerprint density at radius 3 is 1.83 bits per heavy atom. The fourth-order valence-corrected chi connectivity index (χ4v) is 10.4. The van der Waals surface area contributed by atoms with Gasteiger partial charge >= 0.3 is 0 Å². The van der Waals surface area contributed by atoms with Crippen molar-refractivity contribution in [1.82, 2.24) is 8.95 Å². The molecule has 1 aliphatic heterocycles. The summed E-state index contributed by atoms with van der Waals surface area (Å²) in [5.74, 6) is 0. The van der Waals surface area contributed by atoms with Gasteiger partial charge in [0.05, 0.1) is 10.6 Å². The second-order valence-electron chi connectivity index (χ2n) is 11.1. The van der Waals surface area contributed by atoms with E-state index in [1.165, 1.54) is 0 Å². The van der Waals surface area contributed by atoms with Gasteiger partial charge in [-0.2, -0.15) is 0 Å². The summed E-state index contributed by atoms with van der Waals surface area (Å²) in [5, 5.41) is 0.668. The molecule has 8 heteroatoms. The minimum absolute atomic E-state index is 0.0428. The molecule has 164 valence electrons. The molecule has 0 atom stereocenters. The fourth-order valence-electron chi connectivity index (χ4n) is 2.86. The van der Waals surface area contributed by atoms with E-state index in [2.05, 4.69) is 72.7 Å². The highest BCUT2D eigenvalue weighted by Gasteiger charge is 2.55. The lowest BCUT2D eigenvalue weighted by Gasteiger charge is -2.51. The van der Waals surface area contributed by atoms with Gasteiger partial charge in [0.15, 0.2) is 8.24 Å². The van der Waals surface area contributed by atoms with Crippen molar-refractivity contribution in [3.8, 4) is 0 Å². The van der Waals surface area contributed by atoms with Crippen LogP contribution in [0.15, 0.2) is 29.2 Å².